The molecule has 0 aliphatic heterocycles. The van der Waals surface area contributed by atoms with Crippen molar-refractivity contribution in [2.75, 3.05) is 52.4 Å². The zero-order valence-electron chi connectivity index (χ0n) is 14.8. The molecule has 0 aromatic heterocycles. The largest absolute Gasteiger partial charge is 0.317 e. The van der Waals surface area contributed by atoms with Gasteiger partial charge in [0.2, 0.25) is 0 Å². The third kappa shape index (κ3) is 7.40. The summed E-state index contributed by atoms with van der Waals surface area (Å²) in [5.74, 6) is 3.78. The van der Waals surface area contributed by atoms with Gasteiger partial charge in [0.15, 0.2) is 0 Å². The highest BCUT2D eigenvalue weighted by Gasteiger charge is 2.36. The van der Waals surface area contributed by atoms with Crippen molar-refractivity contribution in [1.82, 2.24) is 21.3 Å². The summed E-state index contributed by atoms with van der Waals surface area (Å²) in [6, 6.07) is 0. The van der Waals surface area contributed by atoms with Gasteiger partial charge in [-0.2, -0.15) is 0 Å². The Bertz CT molecular complexity index is 256. The first-order valence-electron chi connectivity index (χ1n) is 9.68. The summed E-state index contributed by atoms with van der Waals surface area (Å²) >= 11 is 0. The Morgan fingerprint density at radius 1 is 0.591 bits per heavy atom. The molecule has 22 heavy (non-hydrogen) atoms. The van der Waals surface area contributed by atoms with E-state index in [1.165, 1.54) is 65.0 Å². The average molecular weight is 311 g/mol. The Morgan fingerprint density at radius 3 is 1.32 bits per heavy atom. The van der Waals surface area contributed by atoms with E-state index in [4.69, 9.17) is 0 Å². The highest BCUT2D eigenvalue weighted by molar-refractivity contribution is 4.89. The van der Waals surface area contributed by atoms with Crippen molar-refractivity contribution < 1.29 is 0 Å². The van der Waals surface area contributed by atoms with E-state index in [-0.39, 0.29) is 0 Å². The van der Waals surface area contributed by atoms with Crippen LogP contribution in [-0.4, -0.2) is 52.4 Å². The quantitative estimate of drug-likeness (QED) is 0.346. The van der Waals surface area contributed by atoms with Crippen LogP contribution in [0.3, 0.4) is 0 Å². The van der Waals surface area contributed by atoms with Gasteiger partial charge in [0.1, 0.15) is 0 Å². The van der Waals surface area contributed by atoms with Crippen LogP contribution in [0.25, 0.3) is 0 Å². The van der Waals surface area contributed by atoms with Gasteiger partial charge in [-0.15, -0.1) is 0 Å². The SMILES string of the molecule is CCNC[C@@H]1C[C@H]1CNCCCCNC[C@H]1C[C@@H]1CNCC. The lowest BCUT2D eigenvalue weighted by Gasteiger charge is -2.06. The summed E-state index contributed by atoms with van der Waals surface area (Å²) in [6.45, 7) is 13.9. The molecule has 0 radical (unpaired) electrons. The summed E-state index contributed by atoms with van der Waals surface area (Å²) in [5, 5.41) is 14.2. The predicted molar refractivity (Wildman–Crippen MR) is 95.3 cm³/mol. The second-order valence-corrected chi connectivity index (χ2v) is 7.24. The lowest BCUT2D eigenvalue weighted by Crippen LogP contribution is -2.24. The molecular formula is C18H38N4. The summed E-state index contributed by atoms with van der Waals surface area (Å²) in [5.41, 5.74) is 0. The molecule has 0 heterocycles. The van der Waals surface area contributed by atoms with Crippen LogP contribution in [0.15, 0.2) is 0 Å². The van der Waals surface area contributed by atoms with Crippen LogP contribution < -0.4 is 21.3 Å². The van der Waals surface area contributed by atoms with Crippen LogP contribution >= 0.6 is 0 Å². The zero-order chi connectivity index (χ0) is 15.6. The molecule has 2 aliphatic carbocycles. The van der Waals surface area contributed by atoms with E-state index < -0.39 is 0 Å². The summed E-state index contributed by atoms with van der Waals surface area (Å²) in [4.78, 5) is 0. The molecule has 4 nitrogen and oxygen atoms in total. The van der Waals surface area contributed by atoms with Gasteiger partial charge < -0.3 is 21.3 Å². The highest BCUT2D eigenvalue weighted by atomic mass is 14.9. The lowest BCUT2D eigenvalue weighted by atomic mass is 10.2. The Hall–Kier alpha value is -0.160. The van der Waals surface area contributed by atoms with Gasteiger partial charge in [0.05, 0.1) is 0 Å². The predicted octanol–water partition coefficient (Wildman–Crippen LogP) is 1.44. The molecule has 2 rings (SSSR count). The van der Waals surface area contributed by atoms with Crippen molar-refractivity contribution in [1.29, 1.82) is 0 Å². The molecule has 0 bridgehead atoms. The Balaban J connectivity index is 1.28. The molecule has 4 atom stereocenters. The van der Waals surface area contributed by atoms with Gasteiger partial charge in [-0.05, 0) is 102 Å². The van der Waals surface area contributed by atoms with Crippen LogP contribution in [0, 0.1) is 23.7 Å². The van der Waals surface area contributed by atoms with E-state index in [0.717, 1.165) is 36.8 Å². The molecule has 0 spiro atoms. The molecule has 4 heteroatoms. The summed E-state index contributed by atoms with van der Waals surface area (Å²) in [6.07, 6.45) is 5.47. The van der Waals surface area contributed by atoms with Gasteiger partial charge in [-0.1, -0.05) is 13.8 Å². The maximum absolute atomic E-state index is 3.63. The second-order valence-electron chi connectivity index (χ2n) is 7.24. The first-order valence-corrected chi connectivity index (χ1v) is 9.68. The third-order valence-corrected chi connectivity index (χ3v) is 5.22. The molecule has 0 aromatic carbocycles. The average Bonchev–Trinajstić information content (AvgIpc) is 3.43. The molecule has 0 amide bonds. The molecule has 0 saturated heterocycles. The second kappa shape index (κ2) is 10.6. The van der Waals surface area contributed by atoms with E-state index >= 15 is 0 Å². The van der Waals surface area contributed by atoms with Crippen molar-refractivity contribution in [3.63, 3.8) is 0 Å². The monoisotopic (exact) mass is 310 g/mol. The maximum atomic E-state index is 3.63. The van der Waals surface area contributed by atoms with Crippen molar-refractivity contribution in [2.45, 2.75) is 39.5 Å². The molecular weight excluding hydrogens is 272 g/mol. The van der Waals surface area contributed by atoms with Crippen LogP contribution in [0.4, 0.5) is 0 Å². The number of hydrogen-bond acceptors (Lipinski definition) is 4. The first-order chi connectivity index (χ1) is 10.8. The molecule has 2 fully saturated rings. The van der Waals surface area contributed by atoms with Crippen LogP contribution in [0.5, 0.6) is 0 Å². The van der Waals surface area contributed by atoms with Gasteiger partial charge in [0.25, 0.3) is 0 Å². The van der Waals surface area contributed by atoms with Crippen molar-refractivity contribution >= 4 is 0 Å². The number of nitrogens with one attached hydrogen (secondary N) is 4. The minimum Gasteiger partial charge on any atom is -0.317 e. The van der Waals surface area contributed by atoms with Crippen LogP contribution in [-0.2, 0) is 0 Å². The summed E-state index contributed by atoms with van der Waals surface area (Å²) in [7, 11) is 0. The van der Waals surface area contributed by atoms with Crippen LogP contribution in [0.2, 0.25) is 0 Å². The summed E-state index contributed by atoms with van der Waals surface area (Å²) < 4.78 is 0. The van der Waals surface area contributed by atoms with Crippen molar-refractivity contribution in [3.05, 3.63) is 0 Å². The highest BCUT2D eigenvalue weighted by Crippen LogP contribution is 2.37. The van der Waals surface area contributed by atoms with E-state index in [1.807, 2.05) is 0 Å². The standard InChI is InChI=1S/C18H38N4/c1-3-19-11-15-9-17(15)13-21-7-5-6-8-22-14-18-10-16(18)12-20-4-2/h15-22H,3-14H2,1-2H3/t15-,16+,17-,18+. The zero-order valence-corrected chi connectivity index (χ0v) is 14.8. The number of rotatable bonds is 15. The maximum Gasteiger partial charge on any atom is -0.00173 e. The Kier molecular flexibility index (Phi) is 8.75. The van der Waals surface area contributed by atoms with Crippen molar-refractivity contribution in [3.8, 4) is 0 Å². The first kappa shape index (κ1) is 18.2. The Morgan fingerprint density at radius 2 is 0.955 bits per heavy atom. The molecule has 0 aromatic rings. The molecule has 4 N–H and O–H groups in total. The minimum atomic E-state index is 0.945. The normalized spacial score (nSPS) is 29.7. The Labute approximate surface area is 137 Å². The van der Waals surface area contributed by atoms with E-state index in [1.54, 1.807) is 0 Å². The van der Waals surface area contributed by atoms with Crippen molar-refractivity contribution in [2.24, 2.45) is 23.7 Å². The van der Waals surface area contributed by atoms with Gasteiger partial charge >= 0.3 is 0 Å². The van der Waals surface area contributed by atoms with Gasteiger partial charge in [-0.3, -0.25) is 0 Å². The van der Waals surface area contributed by atoms with Gasteiger partial charge in [-0.25, -0.2) is 0 Å². The van der Waals surface area contributed by atoms with Crippen LogP contribution in [0.1, 0.15) is 39.5 Å². The minimum absolute atomic E-state index is 0.945. The van der Waals surface area contributed by atoms with E-state index in [2.05, 4.69) is 35.1 Å². The number of hydrogen-bond donors (Lipinski definition) is 4. The number of unbranched alkanes of at least 4 members (excludes halogenated alkanes) is 1. The lowest BCUT2D eigenvalue weighted by molar-refractivity contribution is 0.529. The molecule has 2 saturated carbocycles. The third-order valence-electron chi connectivity index (χ3n) is 5.22. The fourth-order valence-corrected chi connectivity index (χ4v) is 3.35. The van der Waals surface area contributed by atoms with E-state index in [9.17, 15) is 0 Å². The molecule has 130 valence electrons. The van der Waals surface area contributed by atoms with E-state index in [0.29, 0.717) is 0 Å². The molecule has 2 aliphatic rings. The fourth-order valence-electron chi connectivity index (χ4n) is 3.35. The topological polar surface area (TPSA) is 48.1 Å². The fraction of sp³-hybridized carbons (Fsp3) is 1.00. The molecule has 0 unspecified atom stereocenters. The smallest absolute Gasteiger partial charge is 0.00173 e. The van der Waals surface area contributed by atoms with Gasteiger partial charge in [0, 0.05) is 0 Å².